The van der Waals surface area contributed by atoms with Crippen LogP contribution in [-0.2, 0) is 20.7 Å². The number of terminal acetylenes is 1. The second-order valence-corrected chi connectivity index (χ2v) is 4.56. The topological polar surface area (TPSA) is 55.4 Å². The lowest BCUT2D eigenvalue weighted by Crippen LogP contribution is -2.28. The molecule has 1 rings (SSSR count). The van der Waals surface area contributed by atoms with Gasteiger partial charge in [0.2, 0.25) is 0 Å². The van der Waals surface area contributed by atoms with Gasteiger partial charge in [-0.05, 0) is 25.3 Å². The molecule has 0 atom stereocenters. The van der Waals surface area contributed by atoms with Crippen LogP contribution in [-0.4, -0.2) is 25.0 Å². The first-order valence-corrected chi connectivity index (χ1v) is 6.70. The number of carbonyl (C=O) groups is 2. The van der Waals surface area contributed by atoms with E-state index in [1.165, 1.54) is 11.6 Å². The normalized spacial score (nSPS) is 10.6. The third-order valence-corrected chi connectivity index (χ3v) is 2.75. The lowest BCUT2D eigenvalue weighted by Gasteiger charge is -2.04. The third-order valence-electron chi connectivity index (χ3n) is 2.75. The summed E-state index contributed by atoms with van der Waals surface area (Å²) in [5.41, 5.74) is 2.13. The van der Waals surface area contributed by atoms with E-state index in [9.17, 15) is 9.59 Å². The molecular formula is C17H19NO3. The first kappa shape index (κ1) is 16.5. The molecule has 4 heteroatoms. The Morgan fingerprint density at radius 3 is 2.71 bits per heavy atom. The first-order valence-electron chi connectivity index (χ1n) is 6.70. The average Bonchev–Trinajstić information content (AvgIpc) is 2.50. The van der Waals surface area contributed by atoms with E-state index in [1.54, 1.807) is 0 Å². The molecule has 0 fully saturated rings. The SMILES string of the molecule is C#CCNC(=O)COC(=O)/C=C(\C)CCc1ccccc1. The average molecular weight is 285 g/mol. The van der Waals surface area contributed by atoms with Crippen molar-refractivity contribution in [3.63, 3.8) is 0 Å². The first-order chi connectivity index (χ1) is 10.1. The number of hydrogen-bond acceptors (Lipinski definition) is 3. The number of nitrogens with one attached hydrogen (secondary N) is 1. The van der Waals surface area contributed by atoms with Crippen molar-refractivity contribution in [3.8, 4) is 12.3 Å². The van der Waals surface area contributed by atoms with Gasteiger partial charge in [0, 0.05) is 6.08 Å². The van der Waals surface area contributed by atoms with E-state index in [0.29, 0.717) is 0 Å². The van der Waals surface area contributed by atoms with Crippen LogP contribution in [0, 0.1) is 12.3 Å². The highest BCUT2D eigenvalue weighted by Crippen LogP contribution is 2.08. The van der Waals surface area contributed by atoms with Crippen LogP contribution < -0.4 is 5.32 Å². The molecule has 0 spiro atoms. The molecule has 0 radical (unpaired) electrons. The smallest absolute Gasteiger partial charge is 0.331 e. The highest BCUT2D eigenvalue weighted by atomic mass is 16.5. The molecule has 0 saturated carbocycles. The summed E-state index contributed by atoms with van der Waals surface area (Å²) in [6.07, 6.45) is 8.04. The van der Waals surface area contributed by atoms with E-state index < -0.39 is 11.9 Å². The molecule has 21 heavy (non-hydrogen) atoms. The molecule has 0 aliphatic heterocycles. The molecule has 4 nitrogen and oxygen atoms in total. The molecule has 1 amide bonds. The number of amides is 1. The van der Waals surface area contributed by atoms with Crippen molar-refractivity contribution in [2.45, 2.75) is 19.8 Å². The number of aryl methyl sites for hydroxylation is 1. The largest absolute Gasteiger partial charge is 0.452 e. The molecule has 1 aromatic rings. The van der Waals surface area contributed by atoms with Crippen LogP contribution in [0.1, 0.15) is 18.9 Å². The van der Waals surface area contributed by atoms with Gasteiger partial charge in [-0.3, -0.25) is 4.79 Å². The minimum absolute atomic E-state index is 0.127. The van der Waals surface area contributed by atoms with Gasteiger partial charge in [0.15, 0.2) is 6.61 Å². The Hall–Kier alpha value is -2.54. The second-order valence-electron chi connectivity index (χ2n) is 4.56. The van der Waals surface area contributed by atoms with Crippen molar-refractivity contribution in [2.24, 2.45) is 0 Å². The summed E-state index contributed by atoms with van der Waals surface area (Å²) in [6, 6.07) is 10.0. The Labute approximate surface area is 125 Å². The number of hydrogen-bond donors (Lipinski definition) is 1. The molecular weight excluding hydrogens is 266 g/mol. The summed E-state index contributed by atoms with van der Waals surface area (Å²) in [5.74, 6) is 1.34. The summed E-state index contributed by atoms with van der Waals surface area (Å²) < 4.78 is 4.83. The quantitative estimate of drug-likeness (QED) is 0.472. The van der Waals surface area contributed by atoms with E-state index >= 15 is 0 Å². The fourth-order valence-electron chi connectivity index (χ4n) is 1.64. The number of benzene rings is 1. The summed E-state index contributed by atoms with van der Waals surface area (Å²) in [7, 11) is 0. The van der Waals surface area contributed by atoms with Gasteiger partial charge in [-0.1, -0.05) is 41.8 Å². The Kier molecular flexibility index (Phi) is 7.37. The van der Waals surface area contributed by atoms with Gasteiger partial charge in [-0.2, -0.15) is 0 Å². The monoisotopic (exact) mass is 285 g/mol. The van der Waals surface area contributed by atoms with E-state index in [4.69, 9.17) is 11.2 Å². The molecule has 1 aromatic carbocycles. The van der Waals surface area contributed by atoms with Crippen LogP contribution in [0.25, 0.3) is 0 Å². The summed E-state index contributed by atoms with van der Waals surface area (Å²) in [6.45, 7) is 1.67. The molecule has 0 aliphatic carbocycles. The van der Waals surface area contributed by atoms with Crippen LogP contribution in [0.3, 0.4) is 0 Å². The Morgan fingerprint density at radius 2 is 2.05 bits per heavy atom. The minimum atomic E-state index is -0.517. The Balaban J connectivity index is 2.31. The lowest BCUT2D eigenvalue weighted by atomic mass is 10.1. The number of allylic oxidation sites excluding steroid dienone is 1. The zero-order valence-electron chi connectivity index (χ0n) is 12.1. The summed E-state index contributed by atoms with van der Waals surface area (Å²) in [4.78, 5) is 22.7. The Morgan fingerprint density at radius 1 is 1.33 bits per heavy atom. The van der Waals surface area contributed by atoms with Gasteiger partial charge < -0.3 is 10.1 Å². The van der Waals surface area contributed by atoms with Gasteiger partial charge >= 0.3 is 5.97 Å². The fourth-order valence-corrected chi connectivity index (χ4v) is 1.64. The lowest BCUT2D eigenvalue weighted by molar-refractivity contribution is -0.143. The maximum Gasteiger partial charge on any atom is 0.331 e. The zero-order valence-corrected chi connectivity index (χ0v) is 12.1. The summed E-state index contributed by atoms with van der Waals surface area (Å²) >= 11 is 0. The fraction of sp³-hybridized carbons (Fsp3) is 0.294. The van der Waals surface area contributed by atoms with Gasteiger partial charge in [0.05, 0.1) is 6.54 Å². The van der Waals surface area contributed by atoms with Gasteiger partial charge in [-0.25, -0.2) is 4.79 Å². The van der Waals surface area contributed by atoms with E-state index in [2.05, 4.69) is 11.2 Å². The maximum absolute atomic E-state index is 11.5. The minimum Gasteiger partial charge on any atom is -0.452 e. The van der Waals surface area contributed by atoms with Crippen LogP contribution >= 0.6 is 0 Å². The molecule has 110 valence electrons. The van der Waals surface area contributed by atoms with Crippen molar-refractivity contribution in [1.29, 1.82) is 0 Å². The highest BCUT2D eigenvalue weighted by molar-refractivity contribution is 5.86. The second kappa shape index (κ2) is 9.38. The van der Waals surface area contributed by atoms with E-state index in [-0.39, 0.29) is 13.2 Å². The van der Waals surface area contributed by atoms with Crippen molar-refractivity contribution in [2.75, 3.05) is 13.2 Å². The Bertz CT molecular complexity index is 541. The molecule has 1 N–H and O–H groups in total. The van der Waals surface area contributed by atoms with Crippen molar-refractivity contribution in [3.05, 3.63) is 47.5 Å². The van der Waals surface area contributed by atoms with Crippen LogP contribution in [0.4, 0.5) is 0 Å². The molecule has 0 bridgehead atoms. The molecule has 0 aromatic heterocycles. The predicted octanol–water partition coefficient (Wildman–Crippen LogP) is 1.86. The van der Waals surface area contributed by atoms with Crippen LogP contribution in [0.5, 0.6) is 0 Å². The number of carbonyl (C=O) groups excluding carboxylic acids is 2. The van der Waals surface area contributed by atoms with Crippen molar-refractivity contribution in [1.82, 2.24) is 5.32 Å². The number of esters is 1. The van der Waals surface area contributed by atoms with Crippen LogP contribution in [0.15, 0.2) is 42.0 Å². The van der Waals surface area contributed by atoms with Gasteiger partial charge in [-0.15, -0.1) is 6.42 Å². The van der Waals surface area contributed by atoms with Crippen LogP contribution in [0.2, 0.25) is 0 Å². The van der Waals surface area contributed by atoms with Gasteiger partial charge in [0.1, 0.15) is 0 Å². The van der Waals surface area contributed by atoms with Crippen molar-refractivity contribution >= 4 is 11.9 Å². The number of rotatable bonds is 7. The highest BCUT2D eigenvalue weighted by Gasteiger charge is 2.05. The molecule has 0 unspecified atom stereocenters. The maximum atomic E-state index is 11.5. The number of ether oxygens (including phenoxy) is 1. The molecule has 0 saturated heterocycles. The zero-order chi connectivity index (χ0) is 15.5. The summed E-state index contributed by atoms with van der Waals surface area (Å²) in [5, 5.41) is 2.41. The van der Waals surface area contributed by atoms with E-state index in [0.717, 1.165) is 18.4 Å². The third kappa shape index (κ3) is 7.58. The van der Waals surface area contributed by atoms with Crippen molar-refractivity contribution < 1.29 is 14.3 Å². The van der Waals surface area contributed by atoms with E-state index in [1.807, 2.05) is 37.3 Å². The predicted molar refractivity (Wildman–Crippen MR) is 81.3 cm³/mol. The molecule has 0 aliphatic rings. The molecule has 0 heterocycles. The van der Waals surface area contributed by atoms with Gasteiger partial charge in [0.25, 0.3) is 5.91 Å². The standard InChI is InChI=1S/C17H19NO3/c1-3-11-18-16(19)13-21-17(20)12-14(2)9-10-15-7-5-4-6-8-15/h1,4-8,12H,9-11,13H2,2H3,(H,18,19)/b14-12+.